The van der Waals surface area contributed by atoms with E-state index in [1.807, 2.05) is 6.08 Å². The Morgan fingerprint density at radius 3 is 2.76 bits per heavy atom. The van der Waals surface area contributed by atoms with Crippen molar-refractivity contribution in [1.29, 1.82) is 0 Å². The average molecular weight is 288 g/mol. The first-order chi connectivity index (χ1) is 9.95. The van der Waals surface area contributed by atoms with Crippen molar-refractivity contribution in [2.45, 2.75) is 64.9 Å². The quantitative estimate of drug-likeness (QED) is 0.690. The third-order valence-electron chi connectivity index (χ3n) is 7.88. The summed E-state index contributed by atoms with van der Waals surface area (Å²) in [7, 11) is 0. The molecule has 0 aliphatic heterocycles. The molecule has 0 radical (unpaired) electrons. The molecule has 4 rings (SSSR count). The van der Waals surface area contributed by atoms with Gasteiger partial charge in [0.25, 0.3) is 0 Å². The summed E-state index contributed by atoms with van der Waals surface area (Å²) in [5.74, 6) is 3.26. The number of hydrogen-bond donors (Lipinski definition) is 1. The molecule has 0 spiro atoms. The van der Waals surface area contributed by atoms with Crippen molar-refractivity contribution < 1.29 is 9.90 Å². The summed E-state index contributed by atoms with van der Waals surface area (Å²) in [6.07, 6.45) is 11.8. The SMILES string of the molecule is C[C@]12C=C[C@@H](O)CC1CC[C@@H]1[C@@H]2CC[C@]2(C)C(=O)CC[C@@H]12. The van der Waals surface area contributed by atoms with E-state index in [1.165, 1.54) is 19.3 Å². The van der Waals surface area contributed by atoms with Gasteiger partial charge in [0, 0.05) is 11.8 Å². The summed E-state index contributed by atoms with van der Waals surface area (Å²) < 4.78 is 0. The van der Waals surface area contributed by atoms with Crippen LogP contribution < -0.4 is 0 Å². The molecule has 4 aliphatic carbocycles. The maximum Gasteiger partial charge on any atom is 0.139 e. The van der Waals surface area contributed by atoms with E-state index >= 15 is 0 Å². The van der Waals surface area contributed by atoms with Gasteiger partial charge in [-0.25, -0.2) is 0 Å². The molecule has 0 saturated heterocycles. The van der Waals surface area contributed by atoms with Gasteiger partial charge in [0.15, 0.2) is 0 Å². The van der Waals surface area contributed by atoms with Gasteiger partial charge >= 0.3 is 0 Å². The van der Waals surface area contributed by atoms with Crippen LogP contribution in [0.4, 0.5) is 0 Å². The van der Waals surface area contributed by atoms with Crippen LogP contribution >= 0.6 is 0 Å². The van der Waals surface area contributed by atoms with E-state index in [0.717, 1.165) is 37.5 Å². The van der Waals surface area contributed by atoms with Crippen LogP contribution in [0.3, 0.4) is 0 Å². The topological polar surface area (TPSA) is 37.3 Å². The molecule has 0 aromatic heterocycles. The smallest absolute Gasteiger partial charge is 0.139 e. The minimum absolute atomic E-state index is 0.0116. The number of allylic oxidation sites excluding steroid dienone is 1. The lowest BCUT2D eigenvalue weighted by molar-refractivity contribution is -0.134. The van der Waals surface area contributed by atoms with E-state index in [0.29, 0.717) is 17.6 Å². The van der Waals surface area contributed by atoms with E-state index in [1.54, 1.807) is 0 Å². The van der Waals surface area contributed by atoms with Gasteiger partial charge in [0.1, 0.15) is 5.78 Å². The van der Waals surface area contributed by atoms with Crippen molar-refractivity contribution in [1.82, 2.24) is 0 Å². The standard InChI is InChI=1S/C19H28O2/c1-18-9-7-13(20)11-12(18)3-4-14-15-5-6-17(21)19(15,2)10-8-16(14)18/h7,9,12-16,20H,3-6,8,10-11H2,1-2H3/t12?,13-,14+,15+,16+,18+,19+/m1/s1. The number of aliphatic hydroxyl groups is 1. The number of aliphatic hydroxyl groups excluding tert-OH is 1. The van der Waals surface area contributed by atoms with Crippen LogP contribution in [0.25, 0.3) is 0 Å². The molecule has 4 aliphatic rings. The van der Waals surface area contributed by atoms with E-state index in [2.05, 4.69) is 19.9 Å². The predicted octanol–water partition coefficient (Wildman–Crippen LogP) is 3.74. The van der Waals surface area contributed by atoms with Crippen molar-refractivity contribution in [2.75, 3.05) is 0 Å². The Morgan fingerprint density at radius 2 is 1.95 bits per heavy atom. The van der Waals surface area contributed by atoms with E-state index in [9.17, 15) is 9.90 Å². The van der Waals surface area contributed by atoms with Crippen molar-refractivity contribution in [3.8, 4) is 0 Å². The molecular formula is C19H28O2. The van der Waals surface area contributed by atoms with Crippen LogP contribution in [-0.2, 0) is 4.79 Å². The number of carbonyl (C=O) groups excluding carboxylic acids is 1. The van der Waals surface area contributed by atoms with Gasteiger partial charge in [-0.15, -0.1) is 0 Å². The van der Waals surface area contributed by atoms with Gasteiger partial charge in [-0.05, 0) is 67.6 Å². The lowest BCUT2D eigenvalue weighted by Crippen LogP contribution is -2.52. The summed E-state index contributed by atoms with van der Waals surface area (Å²) in [6.45, 7) is 4.68. The first-order valence-corrected chi connectivity index (χ1v) is 8.86. The number of fused-ring (bicyclic) bond motifs is 5. The third kappa shape index (κ3) is 1.78. The Kier molecular flexibility index (Phi) is 2.96. The molecule has 21 heavy (non-hydrogen) atoms. The Bertz CT molecular complexity index is 496. The second-order valence-corrected chi connectivity index (χ2v) is 8.60. The van der Waals surface area contributed by atoms with Crippen molar-refractivity contribution in [3.05, 3.63) is 12.2 Å². The molecule has 2 heteroatoms. The fourth-order valence-corrected chi connectivity index (χ4v) is 6.56. The number of ketones is 1. The van der Waals surface area contributed by atoms with Crippen molar-refractivity contribution >= 4 is 5.78 Å². The molecule has 2 nitrogen and oxygen atoms in total. The summed E-state index contributed by atoms with van der Waals surface area (Å²) in [5, 5.41) is 9.95. The Hall–Kier alpha value is -0.630. The zero-order valence-corrected chi connectivity index (χ0v) is 13.3. The normalized spacial score (nSPS) is 55.8. The van der Waals surface area contributed by atoms with Crippen molar-refractivity contribution in [3.63, 3.8) is 0 Å². The van der Waals surface area contributed by atoms with Crippen LogP contribution in [0.2, 0.25) is 0 Å². The first kappa shape index (κ1) is 14.0. The number of rotatable bonds is 0. The van der Waals surface area contributed by atoms with E-state index in [-0.39, 0.29) is 16.9 Å². The first-order valence-electron chi connectivity index (χ1n) is 8.86. The van der Waals surface area contributed by atoms with Crippen LogP contribution in [0.1, 0.15) is 58.8 Å². The average Bonchev–Trinajstić information content (AvgIpc) is 2.76. The Labute approximate surface area is 128 Å². The van der Waals surface area contributed by atoms with E-state index in [4.69, 9.17) is 0 Å². The largest absolute Gasteiger partial charge is 0.389 e. The summed E-state index contributed by atoms with van der Waals surface area (Å²) in [6, 6.07) is 0. The molecule has 1 unspecified atom stereocenters. The molecular weight excluding hydrogens is 260 g/mol. The molecule has 0 amide bonds. The summed E-state index contributed by atoms with van der Waals surface area (Å²) in [5.41, 5.74) is 0.247. The van der Waals surface area contributed by atoms with Crippen molar-refractivity contribution in [2.24, 2.45) is 34.5 Å². The van der Waals surface area contributed by atoms with Gasteiger partial charge < -0.3 is 5.11 Å². The fraction of sp³-hybridized carbons (Fsp3) is 0.842. The van der Waals surface area contributed by atoms with E-state index < -0.39 is 0 Å². The highest BCUT2D eigenvalue weighted by molar-refractivity contribution is 5.87. The number of Topliss-reactive ketones (excluding diaryl/α,β-unsaturated/α-hetero) is 1. The van der Waals surface area contributed by atoms with Crippen LogP contribution in [0.5, 0.6) is 0 Å². The second kappa shape index (κ2) is 4.44. The van der Waals surface area contributed by atoms with Gasteiger partial charge in [-0.1, -0.05) is 26.0 Å². The Balaban J connectivity index is 1.68. The molecule has 0 aromatic carbocycles. The fourth-order valence-electron chi connectivity index (χ4n) is 6.56. The zero-order valence-electron chi connectivity index (χ0n) is 13.3. The van der Waals surface area contributed by atoms with Crippen LogP contribution in [0.15, 0.2) is 12.2 Å². The maximum atomic E-state index is 12.4. The summed E-state index contributed by atoms with van der Waals surface area (Å²) >= 11 is 0. The molecule has 0 aromatic rings. The van der Waals surface area contributed by atoms with Gasteiger partial charge in [0.05, 0.1) is 6.10 Å². The molecule has 0 heterocycles. The maximum absolute atomic E-state index is 12.4. The lowest BCUT2D eigenvalue weighted by atomic mass is 9.46. The Morgan fingerprint density at radius 1 is 1.14 bits per heavy atom. The predicted molar refractivity (Wildman–Crippen MR) is 82.6 cm³/mol. The highest BCUT2D eigenvalue weighted by Gasteiger charge is 2.59. The minimum atomic E-state index is -0.235. The minimum Gasteiger partial charge on any atom is -0.389 e. The monoisotopic (exact) mass is 288 g/mol. The molecule has 116 valence electrons. The molecule has 3 fully saturated rings. The number of carbonyl (C=O) groups is 1. The molecule has 0 bridgehead atoms. The summed E-state index contributed by atoms with van der Waals surface area (Å²) in [4.78, 5) is 12.4. The molecule has 7 atom stereocenters. The van der Waals surface area contributed by atoms with Gasteiger partial charge in [-0.3, -0.25) is 4.79 Å². The molecule has 1 N–H and O–H groups in total. The third-order valence-corrected chi connectivity index (χ3v) is 7.88. The molecule has 3 saturated carbocycles. The van der Waals surface area contributed by atoms with Crippen LogP contribution in [0, 0.1) is 34.5 Å². The van der Waals surface area contributed by atoms with Gasteiger partial charge in [0.2, 0.25) is 0 Å². The highest BCUT2D eigenvalue weighted by atomic mass is 16.3. The second-order valence-electron chi connectivity index (χ2n) is 8.60. The van der Waals surface area contributed by atoms with Crippen LogP contribution in [-0.4, -0.2) is 17.0 Å². The highest BCUT2D eigenvalue weighted by Crippen LogP contribution is 2.64. The lowest BCUT2D eigenvalue weighted by Gasteiger charge is -2.58. The zero-order chi connectivity index (χ0) is 14.8. The van der Waals surface area contributed by atoms with Gasteiger partial charge in [-0.2, -0.15) is 0 Å². The number of hydrogen-bond acceptors (Lipinski definition) is 2.